The first-order chi connectivity index (χ1) is 17.1. The van der Waals surface area contributed by atoms with E-state index in [2.05, 4.69) is 15.4 Å². The Kier molecular flexibility index (Phi) is 9.08. The number of anilines is 2. The van der Waals surface area contributed by atoms with Gasteiger partial charge in [0.25, 0.3) is 15.9 Å². The number of hydrogen-bond donors (Lipinski definition) is 3. The largest absolute Gasteiger partial charge is 0.490 e. The van der Waals surface area contributed by atoms with Gasteiger partial charge in [-0.15, -0.1) is 0 Å². The summed E-state index contributed by atoms with van der Waals surface area (Å²) >= 11 is 5.25. The van der Waals surface area contributed by atoms with Crippen LogP contribution in [0.3, 0.4) is 0 Å². The zero-order valence-corrected chi connectivity index (χ0v) is 21.8. The van der Waals surface area contributed by atoms with E-state index < -0.39 is 15.9 Å². The summed E-state index contributed by atoms with van der Waals surface area (Å²) in [5, 5.41) is 5.46. The van der Waals surface area contributed by atoms with Crippen molar-refractivity contribution in [2.45, 2.75) is 18.7 Å². The highest BCUT2D eigenvalue weighted by atomic mass is 32.2. The maximum atomic E-state index is 12.8. The maximum Gasteiger partial charge on any atom is 0.261 e. The van der Waals surface area contributed by atoms with Crippen LogP contribution in [-0.2, 0) is 14.8 Å². The molecule has 0 saturated heterocycles. The van der Waals surface area contributed by atoms with E-state index in [1.54, 1.807) is 37.4 Å². The van der Waals surface area contributed by atoms with Crippen LogP contribution in [0, 0.1) is 13.8 Å². The first kappa shape index (κ1) is 27.2. The van der Waals surface area contributed by atoms with Gasteiger partial charge < -0.3 is 14.8 Å². The molecule has 0 fully saturated rings. The molecule has 1 amide bonds. The molecule has 186 valence electrons. The number of aryl methyl sites for hydroxylation is 2. The van der Waals surface area contributed by atoms with E-state index in [1.165, 1.54) is 18.2 Å². The van der Waals surface area contributed by atoms with Crippen LogP contribution in [0.2, 0.25) is 0 Å². The van der Waals surface area contributed by atoms with Crippen molar-refractivity contribution in [3.05, 3.63) is 77.4 Å². The van der Waals surface area contributed by atoms with Crippen LogP contribution in [0.4, 0.5) is 11.4 Å². The predicted octanol–water partition coefficient (Wildman–Crippen LogP) is 3.05. The summed E-state index contributed by atoms with van der Waals surface area (Å²) in [6.45, 7) is 4.40. The third kappa shape index (κ3) is 7.30. The number of thiocarbonyl (C=S) groups is 1. The molecule has 0 aliphatic heterocycles. The number of benzene rings is 3. The summed E-state index contributed by atoms with van der Waals surface area (Å²) in [6.07, 6.45) is 0. The quantitative estimate of drug-likeness (QED) is 0.225. The maximum absolute atomic E-state index is 12.8. The van der Waals surface area contributed by atoms with E-state index in [1.807, 2.05) is 26.0 Å². The van der Waals surface area contributed by atoms with Crippen LogP contribution < -0.4 is 25.6 Å². The van der Waals surface area contributed by atoms with Gasteiger partial charge in [0, 0.05) is 12.8 Å². The molecule has 36 heavy (non-hydrogen) atoms. The normalized spacial score (nSPS) is 11.0. The molecule has 3 aromatic carbocycles. The first-order valence-electron chi connectivity index (χ1n) is 10.9. The van der Waals surface area contributed by atoms with Crippen molar-refractivity contribution in [1.29, 1.82) is 0 Å². The van der Waals surface area contributed by atoms with Crippen molar-refractivity contribution >= 4 is 57.9 Å². The molecule has 3 N–H and O–H groups in total. The molecule has 8 nitrogen and oxygen atoms in total. The number of carbonyl (C=O) groups is 1. The van der Waals surface area contributed by atoms with E-state index in [-0.39, 0.29) is 22.2 Å². The first-order valence-corrected chi connectivity index (χ1v) is 12.8. The lowest BCUT2D eigenvalue weighted by molar-refractivity contribution is 0.0970. The van der Waals surface area contributed by atoms with Gasteiger partial charge >= 0.3 is 0 Å². The van der Waals surface area contributed by atoms with Gasteiger partial charge in [-0.2, -0.15) is 0 Å². The smallest absolute Gasteiger partial charge is 0.261 e. The Morgan fingerprint density at radius 2 is 1.72 bits per heavy atom. The summed E-state index contributed by atoms with van der Waals surface area (Å²) in [6, 6.07) is 16.2. The Balaban J connectivity index is 1.65. The minimum Gasteiger partial charge on any atom is -0.490 e. The number of methoxy groups -OCH3 is 1. The standard InChI is InChI=1S/C25H26BN3O5S2/c1-16-4-10-22(17(2)14-16)29-36(31,32)20-8-6-19(7-9-20)27-25(35)28-24(30)21-15-18(26)5-11-23(21)34-13-12-33-3/h4-11,14-15,29H,12-13H2,1-3H3,(H2,27,28,30,35). The minimum absolute atomic E-state index is 0.0225. The molecule has 0 atom stereocenters. The second-order valence-electron chi connectivity index (χ2n) is 7.95. The van der Waals surface area contributed by atoms with Gasteiger partial charge in [0.1, 0.15) is 20.2 Å². The van der Waals surface area contributed by atoms with Gasteiger partial charge in [-0.1, -0.05) is 35.3 Å². The van der Waals surface area contributed by atoms with Crippen LogP contribution >= 0.6 is 12.2 Å². The molecule has 0 spiro atoms. The van der Waals surface area contributed by atoms with Gasteiger partial charge in [0.15, 0.2) is 5.11 Å². The molecular weight excluding hydrogens is 497 g/mol. The van der Waals surface area contributed by atoms with Crippen molar-refractivity contribution in [3.63, 3.8) is 0 Å². The minimum atomic E-state index is -3.78. The average Bonchev–Trinajstić information content (AvgIpc) is 2.82. The van der Waals surface area contributed by atoms with Gasteiger partial charge in [-0.25, -0.2) is 8.42 Å². The molecule has 3 rings (SSSR count). The molecule has 0 bridgehead atoms. The average molecular weight is 523 g/mol. The van der Waals surface area contributed by atoms with Crippen molar-refractivity contribution in [3.8, 4) is 5.75 Å². The molecule has 0 heterocycles. The fraction of sp³-hybridized carbons (Fsp3) is 0.200. The second-order valence-corrected chi connectivity index (χ2v) is 10.0. The summed E-state index contributed by atoms with van der Waals surface area (Å²) in [7, 11) is 3.59. The summed E-state index contributed by atoms with van der Waals surface area (Å²) in [5.74, 6) is -0.170. The monoisotopic (exact) mass is 523 g/mol. The Bertz CT molecular complexity index is 1360. The molecule has 0 aliphatic rings. The number of hydrogen-bond acceptors (Lipinski definition) is 6. The highest BCUT2D eigenvalue weighted by Crippen LogP contribution is 2.22. The number of amides is 1. The van der Waals surface area contributed by atoms with Gasteiger partial charge in [-0.05, 0) is 68.0 Å². The van der Waals surface area contributed by atoms with Gasteiger partial charge in [0.05, 0.1) is 22.8 Å². The van der Waals surface area contributed by atoms with E-state index in [0.29, 0.717) is 29.2 Å². The van der Waals surface area contributed by atoms with Crippen LogP contribution in [0.15, 0.2) is 65.6 Å². The van der Waals surface area contributed by atoms with Crippen molar-refractivity contribution < 1.29 is 22.7 Å². The lowest BCUT2D eigenvalue weighted by Gasteiger charge is -2.14. The number of sulfonamides is 1. The van der Waals surface area contributed by atoms with E-state index >= 15 is 0 Å². The fourth-order valence-corrected chi connectivity index (χ4v) is 4.61. The lowest BCUT2D eigenvalue weighted by atomic mass is 9.94. The van der Waals surface area contributed by atoms with Crippen LogP contribution in [0.25, 0.3) is 0 Å². The third-order valence-corrected chi connectivity index (χ3v) is 6.65. The van der Waals surface area contributed by atoms with Crippen LogP contribution in [-0.4, -0.2) is 47.6 Å². The highest BCUT2D eigenvalue weighted by molar-refractivity contribution is 7.92. The molecule has 0 unspecified atom stereocenters. The van der Waals surface area contributed by atoms with Crippen molar-refractivity contribution in [1.82, 2.24) is 5.32 Å². The van der Waals surface area contributed by atoms with Gasteiger partial charge in [-0.3, -0.25) is 14.8 Å². The molecule has 0 aromatic heterocycles. The Morgan fingerprint density at radius 1 is 1.00 bits per heavy atom. The van der Waals surface area contributed by atoms with E-state index in [9.17, 15) is 13.2 Å². The zero-order chi connectivity index (χ0) is 26.3. The van der Waals surface area contributed by atoms with Crippen LogP contribution in [0.5, 0.6) is 5.75 Å². The molecule has 0 saturated carbocycles. The summed E-state index contributed by atoms with van der Waals surface area (Å²) < 4.78 is 38.7. The van der Waals surface area contributed by atoms with E-state index in [4.69, 9.17) is 29.5 Å². The zero-order valence-electron chi connectivity index (χ0n) is 20.1. The van der Waals surface area contributed by atoms with E-state index in [0.717, 1.165) is 11.1 Å². The molecule has 0 aliphatic carbocycles. The Hall–Kier alpha value is -3.41. The summed E-state index contributed by atoms with van der Waals surface area (Å²) in [4.78, 5) is 12.8. The van der Waals surface area contributed by atoms with Crippen molar-refractivity contribution in [2.24, 2.45) is 0 Å². The highest BCUT2D eigenvalue weighted by Gasteiger charge is 2.17. The fourth-order valence-electron chi connectivity index (χ4n) is 3.27. The predicted molar refractivity (Wildman–Crippen MR) is 146 cm³/mol. The number of ether oxygens (including phenoxy) is 2. The Morgan fingerprint density at radius 3 is 2.39 bits per heavy atom. The third-order valence-electron chi connectivity index (χ3n) is 5.07. The van der Waals surface area contributed by atoms with Crippen LogP contribution in [0.1, 0.15) is 21.5 Å². The number of rotatable bonds is 9. The van der Waals surface area contributed by atoms with Crippen molar-refractivity contribution in [2.75, 3.05) is 30.4 Å². The van der Waals surface area contributed by atoms with Gasteiger partial charge in [0.2, 0.25) is 0 Å². The number of carbonyl (C=O) groups excluding carboxylic acids is 1. The number of nitrogens with one attached hydrogen (secondary N) is 3. The molecule has 11 heteroatoms. The summed E-state index contributed by atoms with van der Waals surface area (Å²) in [5.41, 5.74) is 3.48. The molecule has 3 aromatic rings. The molecular formula is C25H26BN3O5S2. The lowest BCUT2D eigenvalue weighted by Crippen LogP contribution is -2.34. The Labute approximate surface area is 217 Å². The second kappa shape index (κ2) is 12.0. The SMILES string of the molecule is [B]c1ccc(OCCOC)c(C(=O)NC(=S)Nc2ccc(S(=O)(=O)Nc3ccc(C)cc3C)cc2)c1. The molecule has 2 radical (unpaired) electrons. The topological polar surface area (TPSA) is 106 Å².